The van der Waals surface area contributed by atoms with Crippen LogP contribution in [0.25, 0.3) is 0 Å². The highest BCUT2D eigenvalue weighted by Gasteiger charge is 2.24. The van der Waals surface area contributed by atoms with Gasteiger partial charge in [-0.3, -0.25) is 9.59 Å². The summed E-state index contributed by atoms with van der Waals surface area (Å²) in [6.45, 7) is 6.23. The molecular weight excluding hydrogens is 791 g/mol. The van der Waals surface area contributed by atoms with E-state index in [2.05, 4.69) is 123 Å². The van der Waals surface area contributed by atoms with Crippen LogP contribution in [0.4, 0.5) is 0 Å². The third-order valence-electron chi connectivity index (χ3n) is 11.4. The number of amides is 1. The lowest BCUT2D eigenvalue weighted by Crippen LogP contribution is -2.46. The van der Waals surface area contributed by atoms with Gasteiger partial charge in [-0.2, -0.15) is 0 Å². The first-order chi connectivity index (χ1) is 31.5. The van der Waals surface area contributed by atoms with Crippen LogP contribution in [0.3, 0.4) is 0 Å². The van der Waals surface area contributed by atoms with Crippen molar-refractivity contribution < 1.29 is 24.5 Å². The van der Waals surface area contributed by atoms with Gasteiger partial charge in [0.25, 0.3) is 0 Å². The van der Waals surface area contributed by atoms with Crippen LogP contribution in [0.1, 0.15) is 233 Å². The van der Waals surface area contributed by atoms with E-state index in [1.165, 1.54) is 77.0 Å². The number of aliphatic hydroxyl groups excluding tert-OH is 2. The molecule has 0 radical (unpaired) electrons. The van der Waals surface area contributed by atoms with Gasteiger partial charge in [-0.15, -0.1) is 0 Å². The Bertz CT molecular complexity index is 1270. The number of hydrogen-bond donors (Lipinski definition) is 3. The molecule has 0 aromatic rings. The zero-order chi connectivity index (χ0) is 46.7. The lowest BCUT2D eigenvalue weighted by Gasteiger charge is -2.24. The van der Waals surface area contributed by atoms with Crippen LogP contribution in [0.2, 0.25) is 0 Å². The predicted octanol–water partition coefficient (Wildman–Crippen LogP) is 16.1. The van der Waals surface area contributed by atoms with Gasteiger partial charge in [0.05, 0.1) is 25.2 Å². The Kier molecular flexibility index (Phi) is 48.2. The van der Waals surface area contributed by atoms with Gasteiger partial charge in [0, 0.05) is 6.42 Å². The van der Waals surface area contributed by atoms with Crippen LogP contribution in [-0.4, -0.2) is 46.9 Å². The van der Waals surface area contributed by atoms with E-state index in [1.807, 2.05) is 0 Å². The Hall–Kier alpha value is -3.22. The second-order valence-corrected chi connectivity index (χ2v) is 17.5. The quantitative estimate of drug-likeness (QED) is 0.0321. The summed E-state index contributed by atoms with van der Waals surface area (Å²) in [5, 5.41) is 23.8. The van der Waals surface area contributed by atoms with E-state index >= 15 is 0 Å². The van der Waals surface area contributed by atoms with Crippen LogP contribution in [0.5, 0.6) is 0 Å². The van der Waals surface area contributed by atoms with Crippen LogP contribution in [0.15, 0.2) is 97.2 Å². The molecular formula is C58H99NO5. The van der Waals surface area contributed by atoms with Crippen molar-refractivity contribution in [3.63, 3.8) is 0 Å². The number of rotatable bonds is 46. The summed E-state index contributed by atoms with van der Waals surface area (Å²) in [5.74, 6) is -0.550. The average molecular weight is 890 g/mol. The molecule has 3 N–H and O–H groups in total. The number of nitrogens with one attached hydrogen (secondary N) is 1. The van der Waals surface area contributed by atoms with Crippen LogP contribution >= 0.6 is 0 Å². The third-order valence-corrected chi connectivity index (χ3v) is 11.4. The molecule has 64 heavy (non-hydrogen) atoms. The molecule has 0 aliphatic carbocycles. The van der Waals surface area contributed by atoms with Gasteiger partial charge in [0.15, 0.2) is 0 Å². The molecule has 0 bridgehead atoms. The number of hydrogen-bond acceptors (Lipinski definition) is 5. The number of carbonyl (C=O) groups is 2. The Labute approximate surface area is 395 Å². The molecule has 0 aromatic heterocycles. The van der Waals surface area contributed by atoms with Crippen molar-refractivity contribution in [2.24, 2.45) is 0 Å². The fraction of sp³-hybridized carbons (Fsp3) is 0.690. The summed E-state index contributed by atoms with van der Waals surface area (Å²) in [6, 6.07) is -0.728. The Morgan fingerprint density at radius 1 is 0.469 bits per heavy atom. The lowest BCUT2D eigenvalue weighted by molar-refractivity contribution is -0.151. The Morgan fingerprint density at radius 3 is 1.31 bits per heavy atom. The zero-order valence-corrected chi connectivity index (χ0v) is 41.6. The minimum Gasteiger partial charge on any atom is -0.462 e. The third kappa shape index (κ3) is 45.4. The number of carbonyl (C=O) groups excluding carboxylic acids is 2. The Morgan fingerprint density at radius 2 is 0.859 bits per heavy atom. The van der Waals surface area contributed by atoms with E-state index in [0.717, 1.165) is 109 Å². The van der Waals surface area contributed by atoms with E-state index < -0.39 is 18.2 Å². The maximum atomic E-state index is 13.2. The molecule has 6 nitrogen and oxygen atoms in total. The smallest absolute Gasteiger partial charge is 0.306 e. The fourth-order valence-electron chi connectivity index (χ4n) is 7.48. The minimum absolute atomic E-state index is 0.0280. The normalized spacial score (nSPS) is 14.0. The Balaban J connectivity index is 4.73. The van der Waals surface area contributed by atoms with Gasteiger partial charge in [0.1, 0.15) is 6.10 Å². The van der Waals surface area contributed by atoms with Gasteiger partial charge in [0.2, 0.25) is 5.91 Å². The van der Waals surface area contributed by atoms with Gasteiger partial charge in [-0.05, 0) is 96.3 Å². The fourth-order valence-corrected chi connectivity index (χ4v) is 7.48. The largest absolute Gasteiger partial charge is 0.462 e. The van der Waals surface area contributed by atoms with E-state index in [1.54, 1.807) is 0 Å². The average Bonchev–Trinajstić information content (AvgIpc) is 3.29. The van der Waals surface area contributed by atoms with Crippen molar-refractivity contribution >= 4 is 11.9 Å². The minimum atomic E-state index is -0.810. The molecule has 0 aliphatic heterocycles. The van der Waals surface area contributed by atoms with E-state index in [4.69, 9.17) is 4.74 Å². The molecule has 0 rings (SSSR count). The van der Waals surface area contributed by atoms with Gasteiger partial charge >= 0.3 is 5.97 Å². The van der Waals surface area contributed by atoms with Crippen molar-refractivity contribution in [3.8, 4) is 0 Å². The van der Waals surface area contributed by atoms with Crippen molar-refractivity contribution in [2.75, 3.05) is 6.61 Å². The summed E-state index contributed by atoms with van der Waals surface area (Å²) in [4.78, 5) is 26.2. The monoisotopic (exact) mass is 890 g/mol. The molecule has 0 heterocycles. The van der Waals surface area contributed by atoms with Crippen LogP contribution < -0.4 is 5.32 Å². The number of unbranched alkanes of at least 4 members (excludes halogenated alkanes) is 18. The SMILES string of the molecule is CC/C=C\C/C=C\C/C=C\C/C=C\C/C=C\CCCC(CC(=O)NC(CO)C(O)CCCCCCCCCCCCCC)OC(=O)CCCCCCCC/C=C/C/C=C/C/C=C/CC. The van der Waals surface area contributed by atoms with E-state index in [9.17, 15) is 19.8 Å². The van der Waals surface area contributed by atoms with Crippen molar-refractivity contribution in [3.05, 3.63) is 97.2 Å². The summed E-state index contributed by atoms with van der Waals surface area (Å²) in [6.07, 6.45) is 67.5. The summed E-state index contributed by atoms with van der Waals surface area (Å²) >= 11 is 0. The highest BCUT2D eigenvalue weighted by molar-refractivity contribution is 5.77. The maximum Gasteiger partial charge on any atom is 0.306 e. The van der Waals surface area contributed by atoms with Gasteiger partial charge in [-0.1, -0.05) is 221 Å². The molecule has 3 atom stereocenters. The number of ether oxygens (including phenoxy) is 1. The topological polar surface area (TPSA) is 95.9 Å². The molecule has 366 valence electrons. The molecule has 0 saturated carbocycles. The second kappa shape index (κ2) is 50.8. The van der Waals surface area contributed by atoms with Gasteiger partial charge < -0.3 is 20.3 Å². The predicted molar refractivity (Wildman–Crippen MR) is 277 cm³/mol. The molecule has 0 aliphatic rings. The highest BCUT2D eigenvalue weighted by Crippen LogP contribution is 2.17. The lowest BCUT2D eigenvalue weighted by atomic mass is 10.0. The molecule has 0 saturated heterocycles. The molecule has 1 amide bonds. The standard InChI is InChI=1S/C58H99NO5/c1-4-7-10-13-16-19-22-25-27-29-30-32-34-37-40-43-46-49-54(64-58(63)51-48-45-42-39-36-33-31-28-26-23-20-17-14-11-8-5-2)52-57(62)59-55(53-60)56(61)50-47-44-41-38-35-24-21-18-15-12-9-6-3/h7-8,10-11,16-17,19-20,25-28,30,32,37,40,54-56,60-61H,4-6,9,12-15,18,21-24,29,31,33-36,38-39,41-53H2,1-3H3,(H,59,62)/b10-7-,11-8+,19-16-,20-17+,27-25-,28-26+,32-30-,40-37-. The van der Waals surface area contributed by atoms with E-state index in [0.29, 0.717) is 19.3 Å². The van der Waals surface area contributed by atoms with Crippen LogP contribution in [0, 0.1) is 0 Å². The molecule has 0 spiro atoms. The molecule has 3 unspecified atom stereocenters. The van der Waals surface area contributed by atoms with Gasteiger partial charge in [-0.25, -0.2) is 0 Å². The summed E-state index contributed by atoms with van der Waals surface area (Å²) in [7, 11) is 0. The summed E-state index contributed by atoms with van der Waals surface area (Å²) < 4.78 is 5.91. The number of allylic oxidation sites excluding steroid dienone is 16. The number of aliphatic hydroxyl groups is 2. The zero-order valence-electron chi connectivity index (χ0n) is 41.6. The first-order valence-electron chi connectivity index (χ1n) is 26.5. The first kappa shape index (κ1) is 60.8. The van der Waals surface area contributed by atoms with Crippen molar-refractivity contribution in [1.82, 2.24) is 5.32 Å². The second-order valence-electron chi connectivity index (χ2n) is 17.5. The van der Waals surface area contributed by atoms with Crippen LogP contribution in [-0.2, 0) is 14.3 Å². The highest BCUT2D eigenvalue weighted by atomic mass is 16.5. The maximum absolute atomic E-state index is 13.2. The first-order valence-corrected chi connectivity index (χ1v) is 26.5. The van der Waals surface area contributed by atoms with Crippen molar-refractivity contribution in [1.29, 1.82) is 0 Å². The van der Waals surface area contributed by atoms with Crippen molar-refractivity contribution in [2.45, 2.75) is 251 Å². The molecule has 6 heteroatoms. The number of esters is 1. The summed E-state index contributed by atoms with van der Waals surface area (Å²) in [5.41, 5.74) is 0. The van der Waals surface area contributed by atoms with E-state index in [-0.39, 0.29) is 24.9 Å². The molecule has 0 fully saturated rings. The molecule has 0 aromatic carbocycles.